The molecule has 0 aliphatic carbocycles. The SMILES string of the molecule is CCc1ccc(N2C(=S)N[C@H](c3ccccn3)[C@H]2c2cccn2-c2ccc3ccccc3c2)cc1. The third-order valence-corrected chi connectivity index (χ3v) is 7.13. The number of thiocarbonyl (C=S) groups is 1. The van der Waals surface area contributed by atoms with Crippen molar-refractivity contribution in [3.63, 3.8) is 0 Å². The van der Waals surface area contributed by atoms with Crippen LogP contribution in [0.2, 0.25) is 0 Å². The molecule has 0 unspecified atom stereocenters. The minimum Gasteiger partial charge on any atom is -0.351 e. The van der Waals surface area contributed by atoms with Crippen molar-refractivity contribution in [3.05, 3.63) is 126 Å². The number of aromatic nitrogens is 2. The highest BCUT2D eigenvalue weighted by Gasteiger charge is 2.42. The van der Waals surface area contributed by atoms with Crippen LogP contribution in [0.3, 0.4) is 0 Å². The van der Waals surface area contributed by atoms with Gasteiger partial charge in [0.25, 0.3) is 0 Å². The van der Waals surface area contributed by atoms with E-state index in [-0.39, 0.29) is 12.1 Å². The second kappa shape index (κ2) is 9.01. The first kappa shape index (κ1) is 21.6. The number of hydrogen-bond donors (Lipinski definition) is 1. The van der Waals surface area contributed by atoms with Gasteiger partial charge in [-0.05, 0) is 83.5 Å². The van der Waals surface area contributed by atoms with Crippen molar-refractivity contribution in [1.29, 1.82) is 0 Å². The zero-order valence-electron chi connectivity index (χ0n) is 19.5. The number of benzene rings is 3. The Morgan fingerprint density at radius 2 is 1.60 bits per heavy atom. The molecule has 3 heterocycles. The molecule has 0 amide bonds. The second-order valence-electron chi connectivity index (χ2n) is 8.85. The molecule has 1 aliphatic heterocycles. The second-order valence-corrected chi connectivity index (χ2v) is 9.24. The Morgan fingerprint density at radius 1 is 0.829 bits per heavy atom. The van der Waals surface area contributed by atoms with Crippen molar-refractivity contribution < 1.29 is 0 Å². The maximum atomic E-state index is 5.91. The van der Waals surface area contributed by atoms with Gasteiger partial charge in [-0.15, -0.1) is 0 Å². The Bertz CT molecular complexity index is 1490. The molecule has 2 atom stereocenters. The summed E-state index contributed by atoms with van der Waals surface area (Å²) in [4.78, 5) is 6.93. The van der Waals surface area contributed by atoms with Crippen LogP contribution in [0.15, 0.2) is 109 Å². The minimum atomic E-state index is -0.0799. The lowest BCUT2D eigenvalue weighted by molar-refractivity contribution is 0.549. The number of anilines is 1. The molecule has 172 valence electrons. The predicted octanol–water partition coefficient (Wildman–Crippen LogP) is 6.77. The highest BCUT2D eigenvalue weighted by atomic mass is 32.1. The van der Waals surface area contributed by atoms with E-state index in [2.05, 4.69) is 113 Å². The summed E-state index contributed by atoms with van der Waals surface area (Å²) in [5.74, 6) is 0. The topological polar surface area (TPSA) is 33.1 Å². The third-order valence-electron chi connectivity index (χ3n) is 6.82. The summed E-state index contributed by atoms with van der Waals surface area (Å²) in [5.41, 5.74) is 5.64. The molecule has 1 N–H and O–H groups in total. The van der Waals surface area contributed by atoms with Crippen molar-refractivity contribution >= 4 is 33.8 Å². The zero-order valence-corrected chi connectivity index (χ0v) is 20.3. The Balaban J connectivity index is 1.50. The average molecular weight is 475 g/mol. The van der Waals surface area contributed by atoms with Gasteiger partial charge < -0.3 is 14.8 Å². The number of aryl methyl sites for hydroxylation is 1. The van der Waals surface area contributed by atoms with Crippen molar-refractivity contribution in [2.24, 2.45) is 0 Å². The highest BCUT2D eigenvalue weighted by Crippen LogP contribution is 2.42. The average Bonchev–Trinajstić information content (AvgIpc) is 3.53. The molecular weight excluding hydrogens is 448 g/mol. The summed E-state index contributed by atoms with van der Waals surface area (Å²) >= 11 is 5.91. The standard InChI is InChI=1S/C30H26N4S/c1-2-21-12-15-24(16-13-21)34-29(28(32-30(34)35)26-10-5-6-18-31-26)27-11-7-19-33(27)25-17-14-22-8-3-4-9-23(22)20-25/h3-20,28-29H,2H2,1H3,(H,32,35)/t28-,29-/m1/s1. The summed E-state index contributed by atoms with van der Waals surface area (Å²) in [5, 5.41) is 6.74. The first-order valence-corrected chi connectivity index (χ1v) is 12.4. The van der Waals surface area contributed by atoms with Crippen LogP contribution in [-0.2, 0) is 6.42 Å². The van der Waals surface area contributed by atoms with Crippen LogP contribution in [0.1, 0.15) is 36.0 Å². The molecular formula is C30H26N4S. The molecule has 4 nitrogen and oxygen atoms in total. The van der Waals surface area contributed by atoms with E-state index in [1.54, 1.807) is 0 Å². The molecule has 1 aliphatic rings. The fourth-order valence-corrected chi connectivity index (χ4v) is 5.37. The third kappa shape index (κ3) is 3.88. The van der Waals surface area contributed by atoms with Crippen LogP contribution in [0.25, 0.3) is 16.5 Å². The summed E-state index contributed by atoms with van der Waals surface area (Å²) in [6.07, 6.45) is 4.99. The summed E-state index contributed by atoms with van der Waals surface area (Å²) < 4.78 is 2.27. The molecule has 1 saturated heterocycles. The first-order chi connectivity index (χ1) is 17.2. The van der Waals surface area contributed by atoms with Crippen molar-refractivity contribution in [1.82, 2.24) is 14.9 Å². The zero-order chi connectivity index (χ0) is 23.8. The van der Waals surface area contributed by atoms with E-state index in [9.17, 15) is 0 Å². The summed E-state index contributed by atoms with van der Waals surface area (Å²) in [6, 6.07) is 34.0. The van der Waals surface area contributed by atoms with Crippen LogP contribution in [0, 0.1) is 0 Å². The maximum absolute atomic E-state index is 5.91. The fourth-order valence-electron chi connectivity index (χ4n) is 5.02. The molecule has 5 heteroatoms. The lowest BCUT2D eigenvalue weighted by atomic mass is 10.00. The maximum Gasteiger partial charge on any atom is 0.174 e. The number of nitrogens with one attached hydrogen (secondary N) is 1. The molecule has 0 radical (unpaired) electrons. The van der Waals surface area contributed by atoms with Crippen LogP contribution in [0.5, 0.6) is 0 Å². The van der Waals surface area contributed by atoms with Crippen molar-refractivity contribution in [2.45, 2.75) is 25.4 Å². The van der Waals surface area contributed by atoms with Gasteiger partial charge in [-0.2, -0.15) is 0 Å². The fraction of sp³-hybridized carbons (Fsp3) is 0.133. The molecule has 3 aromatic carbocycles. The van der Waals surface area contributed by atoms with Gasteiger partial charge in [0.2, 0.25) is 0 Å². The van der Waals surface area contributed by atoms with Gasteiger partial charge in [0.05, 0.1) is 11.7 Å². The van der Waals surface area contributed by atoms with E-state index in [1.165, 1.54) is 16.3 Å². The number of fused-ring (bicyclic) bond motifs is 1. The van der Waals surface area contributed by atoms with Crippen LogP contribution < -0.4 is 10.2 Å². The summed E-state index contributed by atoms with van der Waals surface area (Å²) in [7, 11) is 0. The molecule has 2 aromatic heterocycles. The molecule has 0 bridgehead atoms. The van der Waals surface area contributed by atoms with Gasteiger partial charge in [0.15, 0.2) is 5.11 Å². The van der Waals surface area contributed by atoms with E-state index < -0.39 is 0 Å². The monoisotopic (exact) mass is 474 g/mol. The number of pyridine rings is 1. The molecule has 6 rings (SSSR count). The normalized spacial score (nSPS) is 17.6. The lowest BCUT2D eigenvalue weighted by Gasteiger charge is -2.29. The lowest BCUT2D eigenvalue weighted by Crippen LogP contribution is -2.30. The van der Waals surface area contributed by atoms with Gasteiger partial charge in [-0.25, -0.2) is 0 Å². The predicted molar refractivity (Wildman–Crippen MR) is 147 cm³/mol. The van der Waals surface area contributed by atoms with Gasteiger partial charge in [0.1, 0.15) is 6.04 Å². The molecule has 0 spiro atoms. The Labute approximate surface area is 210 Å². The quantitative estimate of drug-likeness (QED) is 0.285. The van der Waals surface area contributed by atoms with Crippen LogP contribution >= 0.6 is 12.2 Å². The van der Waals surface area contributed by atoms with E-state index in [1.807, 2.05) is 18.3 Å². The van der Waals surface area contributed by atoms with E-state index in [4.69, 9.17) is 17.2 Å². The molecule has 1 fully saturated rings. The smallest absolute Gasteiger partial charge is 0.174 e. The highest BCUT2D eigenvalue weighted by molar-refractivity contribution is 7.80. The van der Waals surface area contributed by atoms with E-state index in [0.29, 0.717) is 5.11 Å². The van der Waals surface area contributed by atoms with Gasteiger partial charge >= 0.3 is 0 Å². The Kier molecular flexibility index (Phi) is 5.55. The van der Waals surface area contributed by atoms with Crippen molar-refractivity contribution in [2.75, 3.05) is 4.90 Å². The Morgan fingerprint density at radius 3 is 2.37 bits per heavy atom. The van der Waals surface area contributed by atoms with Crippen LogP contribution in [0.4, 0.5) is 5.69 Å². The van der Waals surface area contributed by atoms with Gasteiger partial charge in [-0.1, -0.05) is 55.5 Å². The largest absolute Gasteiger partial charge is 0.351 e. The summed E-state index contributed by atoms with van der Waals surface area (Å²) in [6.45, 7) is 2.17. The van der Waals surface area contributed by atoms with E-state index in [0.717, 1.165) is 29.2 Å². The van der Waals surface area contributed by atoms with Crippen molar-refractivity contribution in [3.8, 4) is 5.69 Å². The molecule has 0 saturated carbocycles. The molecule has 35 heavy (non-hydrogen) atoms. The number of nitrogens with zero attached hydrogens (tertiary/aromatic N) is 3. The van der Waals surface area contributed by atoms with Gasteiger partial charge in [0, 0.05) is 29.5 Å². The van der Waals surface area contributed by atoms with Gasteiger partial charge in [-0.3, -0.25) is 4.98 Å². The minimum absolute atomic E-state index is 0.0636. The number of hydrogen-bond acceptors (Lipinski definition) is 2. The number of rotatable bonds is 5. The van der Waals surface area contributed by atoms with Crippen LogP contribution in [-0.4, -0.2) is 14.7 Å². The molecule has 5 aromatic rings. The van der Waals surface area contributed by atoms with E-state index >= 15 is 0 Å². The first-order valence-electron chi connectivity index (χ1n) is 12.0. The Hall–Kier alpha value is -3.96.